The Bertz CT molecular complexity index is 1550. The van der Waals surface area contributed by atoms with Crippen LogP contribution in [0.15, 0.2) is 66.2 Å². The number of rotatable bonds is 12. The van der Waals surface area contributed by atoms with Crippen LogP contribution in [0.1, 0.15) is 31.4 Å². The summed E-state index contributed by atoms with van der Waals surface area (Å²) < 4.78 is 22.4. The first-order valence-corrected chi connectivity index (χ1v) is 13.7. The molecule has 11 nitrogen and oxygen atoms in total. The number of nitrogens with one attached hydrogen (secondary N) is 2. The summed E-state index contributed by atoms with van der Waals surface area (Å²) in [6, 6.07) is 15.9. The first-order valence-electron chi connectivity index (χ1n) is 13.7. The van der Waals surface area contributed by atoms with Crippen molar-refractivity contribution in [3.63, 3.8) is 0 Å². The number of carbonyl (C=O) groups excluding carboxylic acids is 4. The number of hydrogen-bond acceptors (Lipinski definition) is 8. The number of carbonyl (C=O) groups is 4. The van der Waals surface area contributed by atoms with Gasteiger partial charge >= 0.3 is 6.03 Å². The highest BCUT2D eigenvalue weighted by molar-refractivity contribution is 6.39. The van der Waals surface area contributed by atoms with Crippen molar-refractivity contribution < 1.29 is 38.1 Å². The van der Waals surface area contributed by atoms with Crippen molar-refractivity contribution in [1.82, 2.24) is 5.32 Å². The maximum atomic E-state index is 13.4. The molecule has 3 aromatic rings. The zero-order chi connectivity index (χ0) is 30.9. The van der Waals surface area contributed by atoms with E-state index in [1.54, 1.807) is 43.3 Å². The molecule has 0 unspecified atom stereocenters. The number of amides is 5. The molecule has 0 aliphatic carbocycles. The third-order valence-electron chi connectivity index (χ3n) is 6.24. The minimum Gasteiger partial charge on any atom is -0.493 e. The quantitative estimate of drug-likeness (QED) is 0.227. The molecule has 1 heterocycles. The van der Waals surface area contributed by atoms with Crippen LogP contribution in [-0.4, -0.2) is 50.7 Å². The molecule has 0 saturated carbocycles. The Morgan fingerprint density at radius 3 is 2.30 bits per heavy atom. The minimum atomic E-state index is -0.890. The van der Waals surface area contributed by atoms with E-state index in [1.807, 2.05) is 26.0 Å². The second-order valence-corrected chi connectivity index (χ2v) is 9.48. The van der Waals surface area contributed by atoms with Gasteiger partial charge in [0, 0.05) is 11.8 Å². The Balaban J connectivity index is 1.54. The van der Waals surface area contributed by atoms with Gasteiger partial charge in [0.15, 0.2) is 29.6 Å². The molecular formula is C32H33N3O8. The second-order valence-electron chi connectivity index (χ2n) is 9.48. The summed E-state index contributed by atoms with van der Waals surface area (Å²) in [6.45, 7) is 6.20. The highest BCUT2D eigenvalue weighted by Gasteiger charge is 2.37. The van der Waals surface area contributed by atoms with Crippen LogP contribution < -0.4 is 34.5 Å². The van der Waals surface area contributed by atoms with Gasteiger partial charge in [0.2, 0.25) is 0 Å². The van der Waals surface area contributed by atoms with Crippen molar-refractivity contribution in [3.05, 3.63) is 77.4 Å². The van der Waals surface area contributed by atoms with Crippen LogP contribution in [0, 0.1) is 6.92 Å². The van der Waals surface area contributed by atoms with Crippen LogP contribution in [-0.2, 0) is 14.4 Å². The number of barbiturate groups is 1. The maximum Gasteiger partial charge on any atom is 0.335 e. The van der Waals surface area contributed by atoms with Crippen LogP contribution in [0.4, 0.5) is 16.2 Å². The summed E-state index contributed by atoms with van der Waals surface area (Å²) in [6.07, 6.45) is 2.14. The maximum absolute atomic E-state index is 13.4. The van der Waals surface area contributed by atoms with Crippen molar-refractivity contribution in [2.24, 2.45) is 0 Å². The summed E-state index contributed by atoms with van der Waals surface area (Å²) in [4.78, 5) is 52.1. The van der Waals surface area contributed by atoms with Crippen molar-refractivity contribution in [3.8, 4) is 23.0 Å². The number of nitrogens with zero attached hydrogens (tertiary/aromatic N) is 1. The molecule has 11 heteroatoms. The highest BCUT2D eigenvalue weighted by Crippen LogP contribution is 2.34. The number of urea groups is 1. The lowest BCUT2D eigenvalue weighted by molar-refractivity contribution is -0.122. The van der Waals surface area contributed by atoms with Crippen molar-refractivity contribution in [2.45, 2.75) is 27.2 Å². The van der Waals surface area contributed by atoms with E-state index in [9.17, 15) is 19.2 Å². The predicted octanol–water partition coefficient (Wildman–Crippen LogP) is 4.88. The number of methoxy groups -OCH3 is 1. The fraction of sp³-hybridized carbons (Fsp3) is 0.250. The summed E-state index contributed by atoms with van der Waals surface area (Å²) in [5.41, 5.74) is 2.09. The molecular weight excluding hydrogens is 554 g/mol. The van der Waals surface area contributed by atoms with E-state index in [-0.39, 0.29) is 23.8 Å². The molecule has 0 atom stereocenters. The third-order valence-corrected chi connectivity index (χ3v) is 6.24. The van der Waals surface area contributed by atoms with E-state index < -0.39 is 17.8 Å². The van der Waals surface area contributed by atoms with Gasteiger partial charge in [-0.1, -0.05) is 30.7 Å². The van der Waals surface area contributed by atoms with Crippen LogP contribution in [0.3, 0.4) is 0 Å². The van der Waals surface area contributed by atoms with Gasteiger partial charge in [0.25, 0.3) is 17.7 Å². The third kappa shape index (κ3) is 7.50. The SMILES string of the molecule is CCCOc1ccc(N2C(=O)NC(=O)/C(=C\c3ccc(OCC(=O)Nc4ccc(C)cc4)c(OCC)c3)C2=O)cc1OC. The molecule has 1 aliphatic heterocycles. The largest absolute Gasteiger partial charge is 0.493 e. The van der Waals surface area contributed by atoms with E-state index in [4.69, 9.17) is 18.9 Å². The highest BCUT2D eigenvalue weighted by atomic mass is 16.5. The Morgan fingerprint density at radius 2 is 1.60 bits per heavy atom. The molecule has 43 heavy (non-hydrogen) atoms. The van der Waals surface area contributed by atoms with Gasteiger partial charge in [-0.05, 0) is 68.3 Å². The van der Waals surface area contributed by atoms with Crippen molar-refractivity contribution in [1.29, 1.82) is 0 Å². The minimum absolute atomic E-state index is 0.198. The zero-order valence-electron chi connectivity index (χ0n) is 24.4. The van der Waals surface area contributed by atoms with E-state index in [1.165, 1.54) is 25.3 Å². The van der Waals surface area contributed by atoms with Crippen LogP contribution in [0.25, 0.3) is 6.08 Å². The van der Waals surface area contributed by atoms with Gasteiger partial charge in [-0.15, -0.1) is 0 Å². The Morgan fingerprint density at radius 1 is 0.884 bits per heavy atom. The number of ether oxygens (including phenoxy) is 4. The molecule has 3 aromatic carbocycles. The van der Waals surface area contributed by atoms with Crippen LogP contribution in [0.2, 0.25) is 0 Å². The smallest absolute Gasteiger partial charge is 0.335 e. The number of benzene rings is 3. The van der Waals surface area contributed by atoms with Crippen LogP contribution in [0.5, 0.6) is 23.0 Å². The van der Waals surface area contributed by atoms with E-state index in [0.29, 0.717) is 47.5 Å². The van der Waals surface area contributed by atoms with Gasteiger partial charge in [-0.25, -0.2) is 9.69 Å². The standard InChI is InChI=1S/C32H33N3O8/c1-5-15-42-25-14-12-23(18-27(25)40-4)35-31(38)24(30(37)34-32(35)39)16-21-9-13-26(28(17-21)41-6-2)43-19-29(36)33-22-10-7-20(3)8-11-22/h7-14,16-18H,5-6,15,19H2,1-4H3,(H,33,36)(H,34,37,39)/b24-16+. The van der Waals surface area contributed by atoms with Gasteiger partial charge in [-0.3, -0.25) is 19.7 Å². The lowest BCUT2D eigenvalue weighted by Gasteiger charge is -2.27. The van der Waals surface area contributed by atoms with Gasteiger partial charge < -0.3 is 24.3 Å². The Kier molecular flexibility index (Phi) is 10.00. The molecule has 1 fully saturated rings. The molecule has 224 valence electrons. The van der Waals surface area contributed by atoms with E-state index in [2.05, 4.69) is 10.6 Å². The Hall–Kier alpha value is -5.32. The summed E-state index contributed by atoms with van der Waals surface area (Å²) in [5.74, 6) is -0.605. The van der Waals surface area contributed by atoms with E-state index in [0.717, 1.165) is 16.9 Å². The molecule has 0 aromatic heterocycles. The Labute approximate surface area is 249 Å². The van der Waals surface area contributed by atoms with Gasteiger partial charge in [-0.2, -0.15) is 0 Å². The zero-order valence-corrected chi connectivity index (χ0v) is 24.4. The number of anilines is 2. The van der Waals surface area contributed by atoms with Crippen LogP contribution >= 0.6 is 0 Å². The first-order chi connectivity index (χ1) is 20.7. The summed E-state index contributed by atoms with van der Waals surface area (Å²) >= 11 is 0. The molecule has 5 amide bonds. The average molecular weight is 588 g/mol. The average Bonchev–Trinajstić information content (AvgIpc) is 2.99. The molecule has 0 spiro atoms. The van der Waals surface area contributed by atoms with Crippen molar-refractivity contribution in [2.75, 3.05) is 37.1 Å². The predicted molar refractivity (Wildman–Crippen MR) is 161 cm³/mol. The van der Waals surface area contributed by atoms with Gasteiger partial charge in [0.05, 0.1) is 26.0 Å². The number of aryl methyl sites for hydroxylation is 1. The molecule has 4 rings (SSSR count). The lowest BCUT2D eigenvalue weighted by Crippen LogP contribution is -2.54. The normalized spacial score (nSPS) is 13.9. The monoisotopic (exact) mass is 587 g/mol. The van der Waals surface area contributed by atoms with Crippen molar-refractivity contribution >= 4 is 41.2 Å². The summed E-state index contributed by atoms with van der Waals surface area (Å²) in [7, 11) is 1.45. The fourth-order valence-electron chi connectivity index (χ4n) is 4.16. The summed E-state index contributed by atoms with van der Waals surface area (Å²) in [5, 5.41) is 4.97. The topological polar surface area (TPSA) is 132 Å². The molecule has 1 aliphatic rings. The molecule has 0 bridgehead atoms. The van der Waals surface area contributed by atoms with Gasteiger partial charge in [0.1, 0.15) is 5.57 Å². The molecule has 0 radical (unpaired) electrons. The molecule has 1 saturated heterocycles. The lowest BCUT2D eigenvalue weighted by atomic mass is 10.1. The van der Waals surface area contributed by atoms with E-state index >= 15 is 0 Å². The number of hydrogen-bond donors (Lipinski definition) is 2. The number of imide groups is 2. The fourth-order valence-corrected chi connectivity index (χ4v) is 4.16. The first kappa shape index (κ1) is 30.6. The second kappa shape index (κ2) is 14.0. The molecule has 2 N–H and O–H groups in total.